The second kappa shape index (κ2) is 4.49. The minimum atomic E-state index is -0.897. The highest BCUT2D eigenvalue weighted by atomic mass is 32.1. The normalized spacial score (nSPS) is 12.7. The van der Waals surface area contributed by atoms with E-state index in [0.29, 0.717) is 0 Å². The highest BCUT2D eigenvalue weighted by molar-refractivity contribution is 7.80. The molecule has 9 heavy (non-hydrogen) atoms. The van der Waals surface area contributed by atoms with Crippen LogP contribution in [0.5, 0.6) is 0 Å². The van der Waals surface area contributed by atoms with Gasteiger partial charge in [0, 0.05) is 0 Å². The molecular weight excluding hydrogens is 142 g/mol. The van der Waals surface area contributed by atoms with E-state index in [9.17, 15) is 0 Å². The van der Waals surface area contributed by atoms with Crippen LogP contribution in [0.25, 0.3) is 0 Å². The quantitative estimate of drug-likeness (QED) is 0.432. The van der Waals surface area contributed by atoms with Crippen molar-refractivity contribution in [2.24, 2.45) is 5.73 Å². The number of aliphatic hydroxyl groups is 2. The first-order chi connectivity index (χ1) is 4.16. The van der Waals surface area contributed by atoms with Gasteiger partial charge < -0.3 is 20.7 Å². The standard InChI is InChI=1S/C4H9NO3S/c5-4(9)8-2-3(7)1-6/h3,6-7H,1-2H2,(H2,5,9). The Hall–Kier alpha value is -0.390. The maximum absolute atomic E-state index is 8.62. The van der Waals surface area contributed by atoms with Crippen LogP contribution in [0.15, 0.2) is 0 Å². The van der Waals surface area contributed by atoms with Gasteiger partial charge in [-0.1, -0.05) is 0 Å². The number of aliphatic hydroxyl groups excluding tert-OH is 2. The van der Waals surface area contributed by atoms with Crippen molar-refractivity contribution in [3.63, 3.8) is 0 Å². The lowest BCUT2D eigenvalue weighted by Crippen LogP contribution is -2.24. The summed E-state index contributed by atoms with van der Waals surface area (Å²) < 4.78 is 4.49. The maximum Gasteiger partial charge on any atom is 0.254 e. The summed E-state index contributed by atoms with van der Waals surface area (Å²) in [5, 5.41) is 16.7. The van der Waals surface area contributed by atoms with Crippen molar-refractivity contribution in [2.75, 3.05) is 13.2 Å². The van der Waals surface area contributed by atoms with Crippen LogP contribution in [-0.2, 0) is 4.74 Å². The first-order valence-electron chi connectivity index (χ1n) is 2.38. The van der Waals surface area contributed by atoms with Gasteiger partial charge >= 0.3 is 0 Å². The molecule has 54 valence electrons. The molecule has 1 atom stereocenters. The summed E-state index contributed by atoms with van der Waals surface area (Å²) in [6.45, 7) is -0.394. The third-order valence-corrected chi connectivity index (χ3v) is 0.747. The summed E-state index contributed by atoms with van der Waals surface area (Å²) in [4.78, 5) is 0. The van der Waals surface area contributed by atoms with Gasteiger partial charge in [0.1, 0.15) is 12.7 Å². The van der Waals surface area contributed by atoms with Crippen molar-refractivity contribution in [1.82, 2.24) is 0 Å². The third kappa shape index (κ3) is 5.48. The van der Waals surface area contributed by atoms with Gasteiger partial charge in [-0.15, -0.1) is 0 Å². The molecule has 0 bridgehead atoms. The van der Waals surface area contributed by atoms with Crippen molar-refractivity contribution < 1.29 is 14.9 Å². The molecule has 0 aliphatic rings. The van der Waals surface area contributed by atoms with Crippen LogP contribution >= 0.6 is 12.2 Å². The van der Waals surface area contributed by atoms with Gasteiger partial charge in [0.15, 0.2) is 0 Å². The molecule has 0 amide bonds. The Labute approximate surface area is 58.2 Å². The first-order valence-corrected chi connectivity index (χ1v) is 2.78. The van der Waals surface area contributed by atoms with E-state index in [1.54, 1.807) is 0 Å². The van der Waals surface area contributed by atoms with Crippen LogP contribution in [0.4, 0.5) is 0 Å². The number of ether oxygens (including phenoxy) is 1. The van der Waals surface area contributed by atoms with Crippen LogP contribution in [0.3, 0.4) is 0 Å². The summed E-state index contributed by atoms with van der Waals surface area (Å²) in [7, 11) is 0. The predicted octanol–water partition coefficient (Wildman–Crippen LogP) is -1.40. The summed E-state index contributed by atoms with van der Waals surface area (Å²) in [6, 6.07) is 0. The molecule has 0 saturated carbocycles. The van der Waals surface area contributed by atoms with E-state index in [1.807, 2.05) is 0 Å². The summed E-state index contributed by atoms with van der Waals surface area (Å²) in [5.74, 6) is 0. The highest BCUT2D eigenvalue weighted by Crippen LogP contribution is 1.82. The van der Waals surface area contributed by atoms with Crippen molar-refractivity contribution in [3.05, 3.63) is 0 Å². The van der Waals surface area contributed by atoms with E-state index < -0.39 is 6.10 Å². The Morgan fingerprint density at radius 1 is 1.78 bits per heavy atom. The number of thiocarbonyl (C=S) groups is 1. The average Bonchev–Trinajstić information content (AvgIpc) is 1.83. The van der Waals surface area contributed by atoms with Crippen LogP contribution in [0, 0.1) is 0 Å². The third-order valence-electron chi connectivity index (χ3n) is 0.629. The molecule has 4 nitrogen and oxygen atoms in total. The zero-order valence-electron chi connectivity index (χ0n) is 4.78. The molecule has 0 rings (SSSR count). The van der Waals surface area contributed by atoms with Gasteiger partial charge in [0.05, 0.1) is 6.61 Å². The molecule has 0 aliphatic carbocycles. The van der Waals surface area contributed by atoms with E-state index in [2.05, 4.69) is 17.0 Å². The second-order valence-electron chi connectivity index (χ2n) is 1.47. The Balaban J connectivity index is 3.16. The SMILES string of the molecule is NC(=S)OCC(O)CO. The molecule has 0 radical (unpaired) electrons. The lowest BCUT2D eigenvalue weighted by atomic mass is 10.4. The minimum Gasteiger partial charge on any atom is -0.468 e. The Kier molecular flexibility index (Phi) is 4.29. The molecule has 0 spiro atoms. The Morgan fingerprint density at radius 2 is 2.33 bits per heavy atom. The molecule has 0 heterocycles. The van der Waals surface area contributed by atoms with Crippen LogP contribution < -0.4 is 5.73 Å². The minimum absolute atomic E-state index is 0.0498. The molecule has 0 aromatic carbocycles. The van der Waals surface area contributed by atoms with E-state index in [4.69, 9.17) is 15.9 Å². The molecule has 0 saturated heterocycles. The van der Waals surface area contributed by atoms with E-state index in [-0.39, 0.29) is 18.4 Å². The van der Waals surface area contributed by atoms with Gasteiger partial charge in [0.2, 0.25) is 0 Å². The fraction of sp³-hybridized carbons (Fsp3) is 0.750. The van der Waals surface area contributed by atoms with Crippen molar-refractivity contribution in [3.8, 4) is 0 Å². The summed E-state index contributed by atoms with van der Waals surface area (Å²) in [5.41, 5.74) is 4.91. The topological polar surface area (TPSA) is 75.7 Å². The van der Waals surface area contributed by atoms with E-state index >= 15 is 0 Å². The number of hydrogen-bond acceptors (Lipinski definition) is 4. The molecule has 0 aliphatic heterocycles. The van der Waals surface area contributed by atoms with E-state index in [0.717, 1.165) is 0 Å². The lowest BCUT2D eigenvalue weighted by Gasteiger charge is -2.06. The van der Waals surface area contributed by atoms with Crippen LogP contribution in [-0.4, -0.2) is 34.7 Å². The maximum atomic E-state index is 8.62. The Morgan fingerprint density at radius 3 is 2.67 bits per heavy atom. The molecular formula is C4H9NO3S. The van der Waals surface area contributed by atoms with E-state index in [1.165, 1.54) is 0 Å². The zero-order chi connectivity index (χ0) is 7.28. The fourth-order valence-electron chi connectivity index (χ4n) is 0.231. The van der Waals surface area contributed by atoms with Gasteiger partial charge in [0.25, 0.3) is 5.17 Å². The molecule has 0 fully saturated rings. The van der Waals surface area contributed by atoms with Gasteiger partial charge in [-0.25, -0.2) is 0 Å². The average molecular weight is 151 g/mol. The number of hydrogen-bond donors (Lipinski definition) is 3. The number of rotatable bonds is 3. The number of nitrogens with two attached hydrogens (primary N) is 1. The molecule has 5 heteroatoms. The predicted molar refractivity (Wildman–Crippen MR) is 35.8 cm³/mol. The van der Waals surface area contributed by atoms with Crippen molar-refractivity contribution >= 4 is 17.4 Å². The monoisotopic (exact) mass is 151 g/mol. The summed E-state index contributed by atoms with van der Waals surface area (Å²) in [6.07, 6.45) is -0.897. The fourth-order valence-corrected chi connectivity index (χ4v) is 0.299. The molecule has 1 unspecified atom stereocenters. The first kappa shape index (κ1) is 8.61. The van der Waals surface area contributed by atoms with Gasteiger partial charge in [-0.2, -0.15) is 0 Å². The molecule has 0 aromatic rings. The highest BCUT2D eigenvalue weighted by Gasteiger charge is 2.01. The van der Waals surface area contributed by atoms with Crippen molar-refractivity contribution in [2.45, 2.75) is 6.10 Å². The Bertz CT molecular complexity index is 97.8. The molecule has 0 aromatic heterocycles. The summed E-state index contributed by atoms with van der Waals surface area (Å²) >= 11 is 4.32. The van der Waals surface area contributed by atoms with Gasteiger partial charge in [-0.3, -0.25) is 0 Å². The zero-order valence-corrected chi connectivity index (χ0v) is 5.60. The lowest BCUT2D eigenvalue weighted by molar-refractivity contribution is 0.0503. The smallest absolute Gasteiger partial charge is 0.254 e. The van der Waals surface area contributed by atoms with Gasteiger partial charge in [-0.05, 0) is 12.2 Å². The second-order valence-corrected chi connectivity index (χ2v) is 1.87. The van der Waals surface area contributed by atoms with Crippen LogP contribution in [0.2, 0.25) is 0 Å². The van der Waals surface area contributed by atoms with Crippen LogP contribution in [0.1, 0.15) is 0 Å². The largest absolute Gasteiger partial charge is 0.468 e. The molecule has 4 N–H and O–H groups in total. The van der Waals surface area contributed by atoms with Crippen molar-refractivity contribution in [1.29, 1.82) is 0 Å².